The molecular formula is C25H22N2O. The quantitative estimate of drug-likeness (QED) is 0.623. The Morgan fingerprint density at radius 1 is 0.857 bits per heavy atom. The standard InChI is InChI=1S/C25H22N2O/c1-18-12-14-21(15-13-18)27-24(20-10-6-3-7-11-20)16-22(23(17-26)25(27)28)19-8-4-2-5-9-19/h2-15,22-24H,16H2,1H3. The van der Waals surface area contributed by atoms with Crippen molar-refractivity contribution in [3.05, 3.63) is 102 Å². The molecule has 0 saturated carbocycles. The van der Waals surface area contributed by atoms with E-state index in [1.807, 2.05) is 84.6 Å². The third kappa shape index (κ3) is 3.30. The highest BCUT2D eigenvalue weighted by Crippen LogP contribution is 2.45. The molecule has 28 heavy (non-hydrogen) atoms. The predicted octanol–water partition coefficient (Wildman–Crippen LogP) is 5.40. The van der Waals surface area contributed by atoms with Gasteiger partial charge in [0.25, 0.3) is 0 Å². The van der Waals surface area contributed by atoms with Gasteiger partial charge in [-0.05, 0) is 36.6 Å². The van der Waals surface area contributed by atoms with Crippen LogP contribution in [0.2, 0.25) is 0 Å². The number of anilines is 1. The lowest BCUT2D eigenvalue weighted by Gasteiger charge is -2.42. The van der Waals surface area contributed by atoms with Crippen LogP contribution in [0.15, 0.2) is 84.9 Å². The second-order valence-corrected chi connectivity index (χ2v) is 7.33. The Morgan fingerprint density at radius 3 is 2.00 bits per heavy atom. The van der Waals surface area contributed by atoms with Crippen LogP contribution >= 0.6 is 0 Å². The number of nitrogens with zero attached hydrogens (tertiary/aromatic N) is 2. The Balaban J connectivity index is 1.82. The molecule has 1 amide bonds. The highest BCUT2D eigenvalue weighted by atomic mass is 16.2. The number of hydrogen-bond acceptors (Lipinski definition) is 2. The summed E-state index contributed by atoms with van der Waals surface area (Å²) < 4.78 is 0. The zero-order valence-electron chi connectivity index (χ0n) is 15.8. The molecule has 3 aromatic carbocycles. The van der Waals surface area contributed by atoms with Crippen LogP contribution in [0.1, 0.15) is 35.1 Å². The summed E-state index contributed by atoms with van der Waals surface area (Å²) in [4.78, 5) is 15.3. The molecule has 138 valence electrons. The molecule has 0 N–H and O–H groups in total. The average Bonchev–Trinajstić information content (AvgIpc) is 2.75. The summed E-state index contributed by atoms with van der Waals surface area (Å²) in [6.45, 7) is 2.03. The molecule has 0 radical (unpaired) electrons. The first-order valence-corrected chi connectivity index (χ1v) is 9.58. The van der Waals surface area contributed by atoms with Gasteiger partial charge in [0.1, 0.15) is 5.92 Å². The van der Waals surface area contributed by atoms with Crippen LogP contribution in [0.3, 0.4) is 0 Å². The van der Waals surface area contributed by atoms with Crippen LogP contribution in [0.5, 0.6) is 0 Å². The average molecular weight is 366 g/mol. The van der Waals surface area contributed by atoms with E-state index in [1.165, 1.54) is 0 Å². The topological polar surface area (TPSA) is 44.1 Å². The molecule has 1 saturated heterocycles. The molecule has 0 aromatic heterocycles. The molecule has 3 unspecified atom stereocenters. The summed E-state index contributed by atoms with van der Waals surface area (Å²) in [6.07, 6.45) is 0.714. The first-order chi connectivity index (χ1) is 13.7. The van der Waals surface area contributed by atoms with Crippen molar-refractivity contribution in [2.75, 3.05) is 4.90 Å². The fourth-order valence-corrected chi connectivity index (χ4v) is 4.10. The number of carbonyl (C=O) groups excluding carboxylic acids is 1. The fraction of sp³-hybridized carbons (Fsp3) is 0.200. The van der Waals surface area contributed by atoms with Crippen molar-refractivity contribution < 1.29 is 4.79 Å². The van der Waals surface area contributed by atoms with Gasteiger partial charge >= 0.3 is 0 Å². The number of hydrogen-bond donors (Lipinski definition) is 0. The van der Waals surface area contributed by atoms with Crippen molar-refractivity contribution >= 4 is 11.6 Å². The molecule has 0 aliphatic carbocycles. The van der Waals surface area contributed by atoms with Crippen LogP contribution in [0, 0.1) is 24.2 Å². The molecule has 0 spiro atoms. The largest absolute Gasteiger partial charge is 0.304 e. The van der Waals surface area contributed by atoms with E-state index < -0.39 is 5.92 Å². The van der Waals surface area contributed by atoms with Gasteiger partial charge in [-0.15, -0.1) is 0 Å². The van der Waals surface area contributed by atoms with Gasteiger partial charge in [0.05, 0.1) is 12.1 Å². The first-order valence-electron chi connectivity index (χ1n) is 9.58. The summed E-state index contributed by atoms with van der Waals surface area (Å²) in [5, 5.41) is 9.86. The van der Waals surface area contributed by atoms with Crippen LogP contribution in [-0.4, -0.2) is 5.91 Å². The van der Waals surface area contributed by atoms with E-state index in [9.17, 15) is 10.1 Å². The second-order valence-electron chi connectivity index (χ2n) is 7.33. The Hall–Kier alpha value is -3.38. The van der Waals surface area contributed by atoms with E-state index in [1.54, 1.807) is 0 Å². The molecule has 1 aliphatic heterocycles. The van der Waals surface area contributed by atoms with E-state index in [0.29, 0.717) is 6.42 Å². The molecule has 3 atom stereocenters. The summed E-state index contributed by atoms with van der Waals surface area (Å²) in [6, 6.07) is 30.2. The first kappa shape index (κ1) is 18.0. The van der Waals surface area contributed by atoms with Gasteiger partial charge in [-0.1, -0.05) is 78.4 Å². The zero-order valence-corrected chi connectivity index (χ0v) is 15.8. The number of aryl methyl sites for hydroxylation is 1. The number of amides is 1. The minimum Gasteiger partial charge on any atom is -0.304 e. The fourth-order valence-electron chi connectivity index (χ4n) is 4.10. The number of piperidine rings is 1. The van der Waals surface area contributed by atoms with Crippen molar-refractivity contribution in [1.82, 2.24) is 0 Å². The molecule has 1 fully saturated rings. The minimum absolute atomic E-state index is 0.105. The highest BCUT2D eigenvalue weighted by Gasteiger charge is 2.43. The molecular weight excluding hydrogens is 344 g/mol. The Bertz CT molecular complexity index is 990. The lowest BCUT2D eigenvalue weighted by Crippen LogP contribution is -2.46. The number of nitriles is 1. The van der Waals surface area contributed by atoms with Gasteiger partial charge in [-0.3, -0.25) is 4.79 Å². The molecule has 3 aromatic rings. The SMILES string of the molecule is Cc1ccc(N2C(=O)C(C#N)C(c3ccccc3)CC2c2ccccc2)cc1. The second kappa shape index (κ2) is 7.70. The molecule has 0 bridgehead atoms. The van der Waals surface area contributed by atoms with Crippen LogP contribution in [-0.2, 0) is 4.79 Å². The van der Waals surface area contributed by atoms with Gasteiger partial charge in [0, 0.05) is 11.6 Å². The van der Waals surface area contributed by atoms with E-state index in [0.717, 1.165) is 22.4 Å². The van der Waals surface area contributed by atoms with Gasteiger partial charge in [0.2, 0.25) is 5.91 Å². The molecule has 4 rings (SSSR count). The lowest BCUT2D eigenvalue weighted by atomic mass is 9.76. The normalized spacial score (nSPS) is 21.9. The summed E-state index contributed by atoms with van der Waals surface area (Å²) in [7, 11) is 0. The van der Waals surface area contributed by atoms with Crippen LogP contribution < -0.4 is 4.90 Å². The molecule has 1 aliphatic rings. The minimum atomic E-state index is -0.691. The maximum absolute atomic E-state index is 13.5. The Morgan fingerprint density at radius 2 is 1.43 bits per heavy atom. The lowest BCUT2D eigenvalue weighted by molar-refractivity contribution is -0.123. The highest BCUT2D eigenvalue weighted by molar-refractivity contribution is 5.99. The van der Waals surface area contributed by atoms with Crippen molar-refractivity contribution in [3.8, 4) is 6.07 Å². The Kier molecular flexibility index (Phi) is 4.95. The number of carbonyl (C=O) groups is 1. The molecule has 1 heterocycles. The monoisotopic (exact) mass is 366 g/mol. The van der Waals surface area contributed by atoms with Gasteiger partial charge < -0.3 is 4.90 Å². The van der Waals surface area contributed by atoms with Gasteiger partial charge in [-0.2, -0.15) is 5.26 Å². The van der Waals surface area contributed by atoms with Gasteiger partial charge in [0.15, 0.2) is 0 Å². The molecule has 3 nitrogen and oxygen atoms in total. The van der Waals surface area contributed by atoms with Crippen molar-refractivity contribution in [2.45, 2.75) is 25.3 Å². The predicted molar refractivity (Wildman–Crippen MR) is 111 cm³/mol. The van der Waals surface area contributed by atoms with E-state index in [-0.39, 0.29) is 17.9 Å². The third-order valence-electron chi connectivity index (χ3n) is 5.56. The summed E-state index contributed by atoms with van der Waals surface area (Å²) in [5.74, 6) is -0.936. The summed E-state index contributed by atoms with van der Waals surface area (Å²) in [5.41, 5.74) is 4.13. The van der Waals surface area contributed by atoms with Crippen molar-refractivity contribution in [3.63, 3.8) is 0 Å². The van der Waals surface area contributed by atoms with E-state index >= 15 is 0 Å². The summed E-state index contributed by atoms with van der Waals surface area (Å²) >= 11 is 0. The number of benzene rings is 3. The zero-order chi connectivity index (χ0) is 19.5. The van der Waals surface area contributed by atoms with Crippen molar-refractivity contribution in [2.24, 2.45) is 5.92 Å². The number of rotatable bonds is 3. The smallest absolute Gasteiger partial charge is 0.245 e. The maximum atomic E-state index is 13.5. The molecule has 3 heteroatoms. The van der Waals surface area contributed by atoms with E-state index in [2.05, 4.69) is 18.2 Å². The van der Waals surface area contributed by atoms with Crippen LogP contribution in [0.25, 0.3) is 0 Å². The third-order valence-corrected chi connectivity index (χ3v) is 5.56. The maximum Gasteiger partial charge on any atom is 0.245 e. The van der Waals surface area contributed by atoms with Crippen LogP contribution in [0.4, 0.5) is 5.69 Å². The Labute approximate surface area is 165 Å². The van der Waals surface area contributed by atoms with Gasteiger partial charge in [-0.25, -0.2) is 0 Å². The van der Waals surface area contributed by atoms with Crippen molar-refractivity contribution in [1.29, 1.82) is 5.26 Å². The van der Waals surface area contributed by atoms with E-state index in [4.69, 9.17) is 0 Å².